The van der Waals surface area contributed by atoms with Crippen molar-refractivity contribution in [3.63, 3.8) is 0 Å². The van der Waals surface area contributed by atoms with Crippen molar-refractivity contribution in [3.05, 3.63) is 55.3 Å². The average molecular weight is 434 g/mol. The van der Waals surface area contributed by atoms with Crippen LogP contribution in [-0.2, 0) is 0 Å². The Kier molecular flexibility index (Phi) is 4.57. The number of hydrogen-bond acceptors (Lipinski definition) is 2. The molecule has 2 aromatic carbocycles. The highest BCUT2D eigenvalue weighted by Gasteiger charge is 2.05. The number of aliphatic imine (C=N–C) groups is 1. The Balaban J connectivity index is 2.35. The Bertz CT molecular complexity index is 658. The lowest BCUT2D eigenvalue weighted by molar-refractivity contribution is 0.470. The first-order valence-electron chi connectivity index (χ1n) is 5.45. The molecular formula is C14H10BrFINO. The Labute approximate surface area is 132 Å². The van der Waals surface area contributed by atoms with Gasteiger partial charge in [-0.05, 0) is 65.4 Å². The van der Waals surface area contributed by atoms with Gasteiger partial charge in [0.15, 0.2) is 0 Å². The van der Waals surface area contributed by atoms with Gasteiger partial charge in [-0.3, -0.25) is 4.99 Å². The van der Waals surface area contributed by atoms with Crippen molar-refractivity contribution in [1.82, 2.24) is 0 Å². The van der Waals surface area contributed by atoms with Gasteiger partial charge in [-0.25, -0.2) is 4.39 Å². The molecule has 0 heterocycles. The molecule has 1 N–H and O–H groups in total. The number of phenols is 1. The highest BCUT2D eigenvalue weighted by Crippen LogP contribution is 2.28. The van der Waals surface area contributed by atoms with Gasteiger partial charge in [-0.1, -0.05) is 15.9 Å². The molecule has 0 saturated heterocycles. The van der Waals surface area contributed by atoms with Crippen molar-refractivity contribution >= 4 is 50.4 Å². The molecule has 0 aromatic heterocycles. The largest absolute Gasteiger partial charge is 0.506 e. The Morgan fingerprint density at radius 3 is 2.74 bits per heavy atom. The van der Waals surface area contributed by atoms with Gasteiger partial charge in [-0.15, -0.1) is 0 Å². The molecule has 0 bridgehead atoms. The maximum absolute atomic E-state index is 13.1. The summed E-state index contributed by atoms with van der Waals surface area (Å²) in [7, 11) is 0. The number of aryl methyl sites for hydroxylation is 1. The number of hydrogen-bond donors (Lipinski definition) is 1. The summed E-state index contributed by atoms with van der Waals surface area (Å²) in [5, 5.41) is 9.92. The van der Waals surface area contributed by atoms with Crippen LogP contribution < -0.4 is 0 Å². The van der Waals surface area contributed by atoms with Crippen LogP contribution in [0.2, 0.25) is 0 Å². The van der Waals surface area contributed by atoms with Crippen LogP contribution in [0.1, 0.15) is 11.1 Å². The zero-order valence-corrected chi connectivity index (χ0v) is 13.7. The lowest BCUT2D eigenvalue weighted by Gasteiger charge is -2.03. The summed E-state index contributed by atoms with van der Waals surface area (Å²) < 4.78 is 14.7. The van der Waals surface area contributed by atoms with Gasteiger partial charge in [-0.2, -0.15) is 0 Å². The van der Waals surface area contributed by atoms with E-state index < -0.39 is 0 Å². The van der Waals surface area contributed by atoms with E-state index >= 15 is 0 Å². The number of aromatic hydroxyl groups is 1. The van der Waals surface area contributed by atoms with E-state index in [1.165, 1.54) is 6.07 Å². The molecule has 0 unspecified atom stereocenters. The normalized spacial score (nSPS) is 11.2. The first-order chi connectivity index (χ1) is 8.97. The molecule has 0 amide bonds. The van der Waals surface area contributed by atoms with Crippen LogP contribution >= 0.6 is 38.5 Å². The summed E-state index contributed by atoms with van der Waals surface area (Å²) in [4.78, 5) is 4.25. The molecule has 0 atom stereocenters. The number of phenolic OH excluding ortho intramolecular Hbond substituents is 1. The molecule has 2 nitrogen and oxygen atoms in total. The third-order valence-electron chi connectivity index (χ3n) is 2.55. The molecule has 98 valence electrons. The predicted molar refractivity (Wildman–Crippen MR) is 86.9 cm³/mol. The molecule has 0 fully saturated rings. The average Bonchev–Trinajstić information content (AvgIpc) is 2.36. The topological polar surface area (TPSA) is 32.6 Å². The van der Waals surface area contributed by atoms with E-state index in [0.717, 1.165) is 8.04 Å². The number of halogens is 3. The van der Waals surface area contributed by atoms with Crippen molar-refractivity contribution in [3.8, 4) is 5.75 Å². The Morgan fingerprint density at radius 1 is 1.32 bits per heavy atom. The minimum atomic E-state index is -0.251. The van der Waals surface area contributed by atoms with Gasteiger partial charge in [0.25, 0.3) is 0 Å². The van der Waals surface area contributed by atoms with E-state index in [-0.39, 0.29) is 11.6 Å². The summed E-state index contributed by atoms with van der Waals surface area (Å²) >= 11 is 5.42. The zero-order valence-electron chi connectivity index (χ0n) is 9.99. The minimum Gasteiger partial charge on any atom is -0.506 e. The molecule has 2 rings (SSSR count). The smallest absolute Gasteiger partial charge is 0.137 e. The summed E-state index contributed by atoms with van der Waals surface area (Å²) in [5.41, 5.74) is 1.80. The van der Waals surface area contributed by atoms with E-state index in [9.17, 15) is 9.50 Å². The monoisotopic (exact) mass is 433 g/mol. The van der Waals surface area contributed by atoms with Crippen LogP contribution in [-0.4, -0.2) is 11.3 Å². The molecule has 19 heavy (non-hydrogen) atoms. The molecule has 0 aliphatic heterocycles. The Hall–Kier alpha value is -0.950. The van der Waals surface area contributed by atoms with Gasteiger partial charge < -0.3 is 5.11 Å². The second kappa shape index (κ2) is 6.00. The third kappa shape index (κ3) is 3.54. The van der Waals surface area contributed by atoms with Crippen LogP contribution in [0, 0.1) is 16.3 Å². The van der Waals surface area contributed by atoms with Crippen LogP contribution in [0.4, 0.5) is 10.1 Å². The highest BCUT2D eigenvalue weighted by molar-refractivity contribution is 14.1. The second-order valence-corrected chi connectivity index (χ2v) is 6.09. The first-order valence-corrected chi connectivity index (χ1v) is 7.33. The fraction of sp³-hybridized carbons (Fsp3) is 0.0714. The van der Waals surface area contributed by atoms with E-state index in [1.807, 2.05) is 28.7 Å². The molecule has 0 saturated carbocycles. The molecular weight excluding hydrogens is 424 g/mol. The molecule has 0 aliphatic rings. The molecule has 0 spiro atoms. The lowest BCUT2D eigenvalue weighted by atomic mass is 10.2. The highest BCUT2D eigenvalue weighted by atomic mass is 127. The maximum atomic E-state index is 13.1. The fourth-order valence-electron chi connectivity index (χ4n) is 1.54. The number of benzene rings is 2. The molecule has 2 aromatic rings. The van der Waals surface area contributed by atoms with Crippen molar-refractivity contribution in [2.24, 2.45) is 4.99 Å². The van der Waals surface area contributed by atoms with Crippen molar-refractivity contribution in [2.75, 3.05) is 0 Å². The van der Waals surface area contributed by atoms with Crippen LogP contribution in [0.5, 0.6) is 5.75 Å². The molecule has 0 aliphatic carbocycles. The van der Waals surface area contributed by atoms with Gasteiger partial charge in [0, 0.05) is 16.3 Å². The maximum Gasteiger partial charge on any atom is 0.137 e. The Morgan fingerprint density at radius 2 is 2.05 bits per heavy atom. The predicted octanol–water partition coefficient (Wildman–Crippen LogP) is 4.96. The van der Waals surface area contributed by atoms with Gasteiger partial charge in [0.2, 0.25) is 0 Å². The van der Waals surface area contributed by atoms with Crippen molar-refractivity contribution < 1.29 is 9.50 Å². The number of nitrogens with zero attached hydrogens (tertiary/aromatic N) is 1. The van der Waals surface area contributed by atoms with Gasteiger partial charge in [0.05, 0.1) is 9.26 Å². The van der Waals surface area contributed by atoms with Crippen molar-refractivity contribution in [2.45, 2.75) is 6.92 Å². The lowest BCUT2D eigenvalue weighted by Crippen LogP contribution is -1.86. The van der Waals surface area contributed by atoms with Crippen molar-refractivity contribution in [1.29, 1.82) is 0 Å². The van der Waals surface area contributed by atoms with E-state index in [1.54, 1.807) is 31.3 Å². The van der Waals surface area contributed by atoms with Crippen LogP contribution in [0.3, 0.4) is 0 Å². The summed E-state index contributed by atoms with van der Waals surface area (Å²) in [5.74, 6) is -0.0646. The SMILES string of the molecule is Cc1cc(N=Cc2cc(Br)cc(I)c2O)ccc1F. The van der Waals surface area contributed by atoms with E-state index in [0.29, 0.717) is 16.8 Å². The summed E-state index contributed by atoms with van der Waals surface area (Å²) in [6, 6.07) is 8.23. The van der Waals surface area contributed by atoms with Crippen LogP contribution in [0.25, 0.3) is 0 Å². The second-order valence-electron chi connectivity index (χ2n) is 4.02. The molecule has 5 heteroatoms. The summed E-state index contributed by atoms with van der Waals surface area (Å²) in [6.07, 6.45) is 1.56. The van der Waals surface area contributed by atoms with Gasteiger partial charge in [0.1, 0.15) is 11.6 Å². The summed E-state index contributed by atoms with van der Waals surface area (Å²) in [6.45, 7) is 1.69. The number of rotatable bonds is 2. The van der Waals surface area contributed by atoms with Crippen LogP contribution in [0.15, 0.2) is 39.8 Å². The fourth-order valence-corrected chi connectivity index (χ4v) is 3.09. The standard InChI is InChI=1S/C14H10BrFINO/c1-8-4-11(2-3-12(8)16)18-7-9-5-10(15)6-13(17)14(9)19/h2-7,19H,1H3. The first kappa shape index (κ1) is 14.5. The van der Waals surface area contributed by atoms with E-state index in [4.69, 9.17) is 0 Å². The quantitative estimate of drug-likeness (QED) is 0.527. The van der Waals surface area contributed by atoms with E-state index in [2.05, 4.69) is 20.9 Å². The molecule has 0 radical (unpaired) electrons. The minimum absolute atomic E-state index is 0.186. The van der Waals surface area contributed by atoms with Gasteiger partial charge >= 0.3 is 0 Å². The zero-order chi connectivity index (χ0) is 14.0. The third-order valence-corrected chi connectivity index (χ3v) is 3.83.